The lowest BCUT2D eigenvalue weighted by molar-refractivity contribution is 0.385. The van der Waals surface area contributed by atoms with Gasteiger partial charge in [0.1, 0.15) is 0 Å². The largest absolute Gasteiger partial charge is 0.494 e. The molecule has 0 aliphatic rings. The maximum absolute atomic E-state index is 13.9. The van der Waals surface area contributed by atoms with Gasteiger partial charge in [-0.3, -0.25) is 4.98 Å². The molecule has 0 saturated carbocycles. The van der Waals surface area contributed by atoms with Crippen LogP contribution >= 0.6 is 0 Å². The van der Waals surface area contributed by atoms with E-state index in [1.165, 1.54) is 13.2 Å². The second kappa shape index (κ2) is 6.48. The van der Waals surface area contributed by atoms with E-state index in [4.69, 9.17) is 4.74 Å². The van der Waals surface area contributed by atoms with Crippen LogP contribution in [-0.2, 0) is 0 Å². The van der Waals surface area contributed by atoms with Gasteiger partial charge < -0.3 is 10.1 Å². The Morgan fingerprint density at radius 2 is 2.15 bits per heavy atom. The molecule has 1 aromatic heterocycles. The molecule has 1 heterocycles. The predicted octanol–water partition coefficient (Wildman–Crippen LogP) is 3.24. The quantitative estimate of drug-likeness (QED) is 0.909. The molecule has 3 nitrogen and oxygen atoms in total. The van der Waals surface area contributed by atoms with Crippen LogP contribution in [0.25, 0.3) is 0 Å². The third kappa shape index (κ3) is 2.96. The standard InChI is InChI=1S/C16H19FN2O/c1-4-18-16(15-11(2)6-5-9-19-15)12-7-8-14(20-3)13(17)10-12/h5-10,16,18H,4H2,1-3H3. The fourth-order valence-corrected chi connectivity index (χ4v) is 2.24. The normalized spacial score (nSPS) is 12.2. The zero-order valence-corrected chi connectivity index (χ0v) is 12.0. The van der Waals surface area contributed by atoms with Gasteiger partial charge in [0.2, 0.25) is 0 Å². The summed E-state index contributed by atoms with van der Waals surface area (Å²) in [5.41, 5.74) is 2.83. The Kier molecular flexibility index (Phi) is 4.69. The third-order valence-corrected chi connectivity index (χ3v) is 3.24. The van der Waals surface area contributed by atoms with Crippen molar-refractivity contribution in [3.8, 4) is 5.75 Å². The third-order valence-electron chi connectivity index (χ3n) is 3.24. The number of pyridine rings is 1. The molecule has 20 heavy (non-hydrogen) atoms. The molecule has 0 fully saturated rings. The minimum Gasteiger partial charge on any atom is -0.494 e. The highest BCUT2D eigenvalue weighted by atomic mass is 19.1. The lowest BCUT2D eigenvalue weighted by atomic mass is 9.99. The molecule has 2 aromatic rings. The summed E-state index contributed by atoms with van der Waals surface area (Å²) in [6.45, 7) is 4.80. The van der Waals surface area contributed by atoms with Gasteiger partial charge >= 0.3 is 0 Å². The van der Waals surface area contributed by atoms with Gasteiger partial charge in [0.05, 0.1) is 18.8 Å². The van der Waals surface area contributed by atoms with Gasteiger partial charge in [0, 0.05) is 6.20 Å². The Hall–Kier alpha value is -1.94. The first-order valence-electron chi connectivity index (χ1n) is 6.65. The van der Waals surface area contributed by atoms with Crippen LogP contribution in [0.1, 0.15) is 29.8 Å². The van der Waals surface area contributed by atoms with Crippen LogP contribution in [0.2, 0.25) is 0 Å². The first-order valence-corrected chi connectivity index (χ1v) is 6.65. The molecule has 0 radical (unpaired) electrons. The summed E-state index contributed by atoms with van der Waals surface area (Å²) in [6.07, 6.45) is 1.76. The number of methoxy groups -OCH3 is 1. The van der Waals surface area contributed by atoms with Crippen molar-refractivity contribution in [1.82, 2.24) is 10.3 Å². The molecule has 0 bridgehead atoms. The van der Waals surface area contributed by atoms with Gasteiger partial charge in [-0.25, -0.2) is 4.39 Å². The van der Waals surface area contributed by atoms with E-state index < -0.39 is 0 Å². The summed E-state index contributed by atoms with van der Waals surface area (Å²) in [6, 6.07) is 8.79. The molecule has 1 unspecified atom stereocenters. The second-order valence-electron chi connectivity index (χ2n) is 4.59. The molecular formula is C16H19FN2O. The highest BCUT2D eigenvalue weighted by Crippen LogP contribution is 2.26. The molecule has 0 saturated heterocycles. The predicted molar refractivity (Wildman–Crippen MR) is 77.4 cm³/mol. The minimum absolute atomic E-state index is 0.124. The highest BCUT2D eigenvalue weighted by Gasteiger charge is 2.18. The molecule has 1 aromatic carbocycles. The number of benzene rings is 1. The number of aromatic nitrogens is 1. The van der Waals surface area contributed by atoms with Crippen LogP contribution in [0.3, 0.4) is 0 Å². The number of rotatable bonds is 5. The molecule has 1 N–H and O–H groups in total. The van der Waals surface area contributed by atoms with Crippen molar-refractivity contribution in [3.05, 3.63) is 59.2 Å². The number of hydrogen-bond donors (Lipinski definition) is 1. The topological polar surface area (TPSA) is 34.1 Å². The van der Waals surface area contributed by atoms with E-state index in [0.29, 0.717) is 0 Å². The van der Waals surface area contributed by atoms with Crippen molar-refractivity contribution in [2.75, 3.05) is 13.7 Å². The van der Waals surface area contributed by atoms with Crippen LogP contribution in [0.5, 0.6) is 5.75 Å². The number of ether oxygens (including phenoxy) is 1. The van der Waals surface area contributed by atoms with Gasteiger partial charge in [-0.15, -0.1) is 0 Å². The molecule has 2 rings (SSSR count). The number of halogens is 1. The van der Waals surface area contributed by atoms with Crippen molar-refractivity contribution in [2.24, 2.45) is 0 Å². The van der Waals surface area contributed by atoms with Crippen molar-refractivity contribution in [1.29, 1.82) is 0 Å². The number of hydrogen-bond acceptors (Lipinski definition) is 3. The van der Waals surface area contributed by atoms with Gasteiger partial charge in [-0.1, -0.05) is 19.1 Å². The monoisotopic (exact) mass is 274 g/mol. The summed E-state index contributed by atoms with van der Waals surface area (Å²) in [5.74, 6) is -0.108. The number of aryl methyl sites for hydroxylation is 1. The molecule has 4 heteroatoms. The van der Waals surface area contributed by atoms with Crippen molar-refractivity contribution < 1.29 is 9.13 Å². The Bertz CT molecular complexity index is 586. The molecule has 1 atom stereocenters. The summed E-state index contributed by atoms with van der Waals surface area (Å²) >= 11 is 0. The average molecular weight is 274 g/mol. The Morgan fingerprint density at radius 1 is 1.35 bits per heavy atom. The highest BCUT2D eigenvalue weighted by molar-refractivity contribution is 5.36. The fraction of sp³-hybridized carbons (Fsp3) is 0.312. The van der Waals surface area contributed by atoms with Crippen LogP contribution in [0.4, 0.5) is 4.39 Å². The fourth-order valence-electron chi connectivity index (χ4n) is 2.24. The van der Waals surface area contributed by atoms with Crippen molar-refractivity contribution in [2.45, 2.75) is 19.9 Å². The van der Waals surface area contributed by atoms with E-state index in [9.17, 15) is 4.39 Å². The zero-order valence-electron chi connectivity index (χ0n) is 12.0. The lowest BCUT2D eigenvalue weighted by Crippen LogP contribution is -2.24. The molecular weight excluding hydrogens is 255 g/mol. The molecule has 0 aliphatic carbocycles. The lowest BCUT2D eigenvalue weighted by Gasteiger charge is -2.20. The van der Waals surface area contributed by atoms with Crippen LogP contribution in [0.15, 0.2) is 36.5 Å². The van der Waals surface area contributed by atoms with Gasteiger partial charge in [0.25, 0.3) is 0 Å². The Labute approximate surface area is 118 Å². The van der Waals surface area contributed by atoms with Crippen LogP contribution in [-0.4, -0.2) is 18.6 Å². The van der Waals surface area contributed by atoms with Crippen LogP contribution in [0, 0.1) is 12.7 Å². The van der Waals surface area contributed by atoms with Gasteiger partial charge in [0.15, 0.2) is 11.6 Å². The zero-order chi connectivity index (χ0) is 14.5. The minimum atomic E-state index is -0.360. The van der Waals surface area contributed by atoms with Crippen molar-refractivity contribution in [3.63, 3.8) is 0 Å². The smallest absolute Gasteiger partial charge is 0.165 e. The molecule has 0 aliphatic heterocycles. The number of nitrogens with one attached hydrogen (secondary N) is 1. The Morgan fingerprint density at radius 3 is 2.75 bits per heavy atom. The summed E-state index contributed by atoms with van der Waals surface area (Å²) < 4.78 is 18.9. The van der Waals surface area contributed by atoms with Gasteiger partial charge in [-0.05, 0) is 42.8 Å². The second-order valence-corrected chi connectivity index (χ2v) is 4.59. The molecule has 106 valence electrons. The SMILES string of the molecule is CCNC(c1ccc(OC)c(F)c1)c1ncccc1C. The number of nitrogens with zero attached hydrogens (tertiary/aromatic N) is 1. The van der Waals surface area contributed by atoms with E-state index in [1.54, 1.807) is 12.3 Å². The Balaban J connectivity index is 2.43. The van der Waals surface area contributed by atoms with E-state index in [2.05, 4.69) is 10.3 Å². The summed E-state index contributed by atoms with van der Waals surface area (Å²) in [5, 5.41) is 3.35. The maximum atomic E-state index is 13.9. The summed E-state index contributed by atoms with van der Waals surface area (Å²) in [7, 11) is 1.46. The average Bonchev–Trinajstić information content (AvgIpc) is 2.46. The van der Waals surface area contributed by atoms with Crippen molar-refractivity contribution >= 4 is 0 Å². The van der Waals surface area contributed by atoms with Gasteiger partial charge in [-0.2, -0.15) is 0 Å². The van der Waals surface area contributed by atoms with E-state index >= 15 is 0 Å². The van der Waals surface area contributed by atoms with E-state index in [0.717, 1.165) is 23.4 Å². The summed E-state index contributed by atoms with van der Waals surface area (Å²) in [4.78, 5) is 4.43. The first kappa shape index (κ1) is 14.5. The van der Waals surface area contributed by atoms with E-state index in [-0.39, 0.29) is 17.6 Å². The molecule has 0 spiro atoms. The first-order chi connectivity index (χ1) is 9.67. The molecule has 0 amide bonds. The van der Waals surface area contributed by atoms with E-state index in [1.807, 2.05) is 32.0 Å². The maximum Gasteiger partial charge on any atom is 0.165 e. The van der Waals surface area contributed by atoms with Crippen LogP contribution < -0.4 is 10.1 Å².